The molecular formula is C24H26Br2N4O2S. The van der Waals surface area contributed by atoms with Crippen molar-refractivity contribution in [3.63, 3.8) is 0 Å². The predicted molar refractivity (Wildman–Crippen MR) is 135 cm³/mol. The number of nitrogens with zero attached hydrogens (tertiary/aromatic N) is 4. The van der Waals surface area contributed by atoms with Gasteiger partial charge in [0.1, 0.15) is 0 Å². The molecule has 5 rings (SSSR count). The van der Waals surface area contributed by atoms with Crippen molar-refractivity contribution in [2.75, 3.05) is 13.1 Å². The summed E-state index contributed by atoms with van der Waals surface area (Å²) in [4.78, 5) is 8.99. The summed E-state index contributed by atoms with van der Waals surface area (Å²) in [5.41, 5.74) is 6.34. The summed E-state index contributed by atoms with van der Waals surface area (Å²) < 4.78 is 31.6. The first-order valence-corrected chi connectivity index (χ1v) is 14.2. The molecule has 1 aromatic carbocycles. The molecule has 3 heterocycles. The van der Waals surface area contributed by atoms with E-state index < -0.39 is 10.0 Å². The van der Waals surface area contributed by atoms with Crippen LogP contribution < -0.4 is 0 Å². The van der Waals surface area contributed by atoms with Crippen LogP contribution in [0.25, 0.3) is 0 Å². The lowest BCUT2D eigenvalue weighted by Crippen LogP contribution is -2.40. The van der Waals surface area contributed by atoms with Gasteiger partial charge in [0.15, 0.2) is 5.03 Å². The van der Waals surface area contributed by atoms with Gasteiger partial charge in [0.05, 0.1) is 12.0 Å². The van der Waals surface area contributed by atoms with Crippen molar-refractivity contribution in [2.45, 2.75) is 43.6 Å². The molecule has 0 bridgehead atoms. The van der Waals surface area contributed by atoms with Gasteiger partial charge < -0.3 is 4.57 Å². The molecule has 3 aromatic rings. The molecule has 174 valence electrons. The second kappa shape index (κ2) is 8.91. The normalized spacial score (nSPS) is 19.7. The molecule has 2 aliphatic rings. The Morgan fingerprint density at radius 2 is 1.76 bits per heavy atom. The fourth-order valence-corrected chi connectivity index (χ4v) is 8.00. The van der Waals surface area contributed by atoms with E-state index >= 15 is 0 Å². The van der Waals surface area contributed by atoms with Gasteiger partial charge in [-0.1, -0.05) is 22.0 Å². The third-order valence-corrected chi connectivity index (χ3v) is 9.73. The predicted octanol–water partition coefficient (Wildman–Crippen LogP) is 4.98. The second-order valence-corrected chi connectivity index (χ2v) is 12.8. The van der Waals surface area contributed by atoms with Gasteiger partial charge in [-0.2, -0.15) is 4.31 Å². The number of fused-ring (bicyclic) bond motifs is 2. The zero-order valence-electron chi connectivity index (χ0n) is 18.6. The number of rotatable bonds is 3. The van der Waals surface area contributed by atoms with Crippen LogP contribution in [-0.2, 0) is 29.9 Å². The monoisotopic (exact) mass is 592 g/mol. The van der Waals surface area contributed by atoms with Crippen molar-refractivity contribution in [1.29, 1.82) is 0 Å². The van der Waals surface area contributed by atoms with Crippen LogP contribution in [0, 0.1) is 12.8 Å². The zero-order chi connectivity index (χ0) is 23.3. The number of sulfonamides is 1. The van der Waals surface area contributed by atoms with Crippen LogP contribution in [0.2, 0.25) is 0 Å². The third-order valence-electron chi connectivity index (χ3n) is 6.85. The number of halogens is 2. The Bertz CT molecular complexity index is 1310. The third kappa shape index (κ3) is 4.33. The maximum atomic E-state index is 13.1. The van der Waals surface area contributed by atoms with Gasteiger partial charge in [0.2, 0.25) is 0 Å². The maximum absolute atomic E-state index is 13.1. The molecular weight excluding hydrogens is 568 g/mol. The minimum Gasteiger partial charge on any atom is -0.339 e. The first-order valence-electron chi connectivity index (χ1n) is 11.2. The number of hydrogen-bond donors (Lipinski definition) is 0. The molecule has 1 atom stereocenters. The molecule has 9 heteroatoms. The molecule has 1 aliphatic heterocycles. The molecule has 0 radical (unpaired) electrons. The van der Waals surface area contributed by atoms with E-state index in [1.807, 2.05) is 6.20 Å². The van der Waals surface area contributed by atoms with Crippen LogP contribution in [0.3, 0.4) is 0 Å². The van der Waals surface area contributed by atoms with Crippen molar-refractivity contribution in [3.8, 4) is 0 Å². The van der Waals surface area contributed by atoms with Crippen LogP contribution >= 0.6 is 31.9 Å². The van der Waals surface area contributed by atoms with Gasteiger partial charge in [-0.25, -0.2) is 13.4 Å². The van der Waals surface area contributed by atoms with E-state index in [4.69, 9.17) is 4.98 Å². The zero-order valence-corrected chi connectivity index (χ0v) is 22.6. The smallest absolute Gasteiger partial charge is 0.262 e. The summed E-state index contributed by atoms with van der Waals surface area (Å²) in [6.45, 7) is 3.11. The highest BCUT2D eigenvalue weighted by atomic mass is 79.9. The van der Waals surface area contributed by atoms with Crippen LogP contribution in [0.1, 0.15) is 46.7 Å². The van der Waals surface area contributed by atoms with Crippen molar-refractivity contribution >= 4 is 41.9 Å². The van der Waals surface area contributed by atoms with Gasteiger partial charge in [-0.05, 0) is 88.8 Å². The van der Waals surface area contributed by atoms with Gasteiger partial charge in [-0.3, -0.25) is 4.98 Å². The lowest BCUT2D eigenvalue weighted by molar-refractivity contribution is 0.254. The van der Waals surface area contributed by atoms with Crippen molar-refractivity contribution in [3.05, 3.63) is 73.8 Å². The van der Waals surface area contributed by atoms with E-state index in [0.717, 1.165) is 40.3 Å². The average molecular weight is 594 g/mol. The summed E-state index contributed by atoms with van der Waals surface area (Å²) in [5.74, 6) is 0.448. The molecule has 0 saturated carbocycles. The summed E-state index contributed by atoms with van der Waals surface area (Å²) in [6.07, 6.45) is 8.49. The number of hydrogen-bond acceptors (Lipinski definition) is 4. The first-order chi connectivity index (χ1) is 15.7. The fraction of sp³-hybridized carbons (Fsp3) is 0.417. The Kier molecular flexibility index (Phi) is 6.26. The maximum Gasteiger partial charge on any atom is 0.262 e. The van der Waals surface area contributed by atoms with E-state index in [1.165, 1.54) is 28.6 Å². The minimum absolute atomic E-state index is 0.123. The second-order valence-electron chi connectivity index (χ2n) is 9.11. The molecule has 0 spiro atoms. The highest BCUT2D eigenvalue weighted by Crippen LogP contribution is 2.46. The van der Waals surface area contributed by atoms with Crippen molar-refractivity contribution in [2.24, 2.45) is 13.0 Å². The van der Waals surface area contributed by atoms with Crippen LogP contribution in [0.5, 0.6) is 0 Å². The Morgan fingerprint density at radius 1 is 1.03 bits per heavy atom. The van der Waals surface area contributed by atoms with Gasteiger partial charge >= 0.3 is 0 Å². The SMILES string of the molecule is Cc1cc(Br)c2c(c1)CCc1cc(Br)cnc1[C@@H]2C1CCN(S(=O)(=O)c2cn(C)cn2)CC1. The first kappa shape index (κ1) is 23.2. The summed E-state index contributed by atoms with van der Waals surface area (Å²) >= 11 is 7.46. The van der Waals surface area contributed by atoms with Gasteiger partial charge in [0.25, 0.3) is 10.0 Å². The topological polar surface area (TPSA) is 68.1 Å². The average Bonchev–Trinajstić information content (AvgIpc) is 3.15. The quantitative estimate of drug-likeness (QED) is 0.429. The highest BCUT2D eigenvalue weighted by molar-refractivity contribution is 9.10. The Balaban J connectivity index is 1.50. The number of aromatic nitrogens is 3. The molecule has 1 aliphatic carbocycles. The molecule has 6 nitrogen and oxygen atoms in total. The van der Waals surface area contributed by atoms with E-state index in [0.29, 0.717) is 19.0 Å². The molecule has 0 unspecified atom stereocenters. The lowest BCUT2D eigenvalue weighted by atomic mass is 9.76. The molecule has 0 N–H and O–H groups in total. The summed E-state index contributed by atoms with van der Waals surface area (Å²) in [7, 11) is -1.79. The highest BCUT2D eigenvalue weighted by Gasteiger charge is 2.38. The van der Waals surface area contributed by atoms with Crippen molar-refractivity contribution < 1.29 is 8.42 Å². The summed E-state index contributed by atoms with van der Waals surface area (Å²) in [5, 5.41) is 0.123. The number of imidazole rings is 1. The van der Waals surface area contributed by atoms with E-state index in [1.54, 1.807) is 22.1 Å². The largest absolute Gasteiger partial charge is 0.339 e. The Morgan fingerprint density at radius 3 is 2.45 bits per heavy atom. The van der Waals surface area contributed by atoms with Gasteiger partial charge in [0, 0.05) is 47.4 Å². The number of piperidine rings is 1. The van der Waals surface area contributed by atoms with Crippen LogP contribution in [-0.4, -0.2) is 40.3 Å². The molecule has 33 heavy (non-hydrogen) atoms. The molecule has 1 fully saturated rings. The Hall–Kier alpha value is -1.55. The van der Waals surface area contributed by atoms with E-state index in [9.17, 15) is 8.42 Å². The van der Waals surface area contributed by atoms with Crippen LogP contribution in [0.15, 0.2) is 50.9 Å². The van der Waals surface area contributed by atoms with E-state index in [-0.39, 0.29) is 10.9 Å². The van der Waals surface area contributed by atoms with Gasteiger partial charge in [-0.15, -0.1) is 0 Å². The number of aryl methyl sites for hydroxylation is 4. The Labute approximate surface area is 211 Å². The number of pyridine rings is 1. The van der Waals surface area contributed by atoms with Crippen molar-refractivity contribution in [1.82, 2.24) is 18.8 Å². The van der Waals surface area contributed by atoms with Crippen LogP contribution in [0.4, 0.5) is 0 Å². The summed E-state index contributed by atoms with van der Waals surface area (Å²) in [6, 6.07) is 6.69. The lowest BCUT2D eigenvalue weighted by Gasteiger charge is -2.36. The van der Waals surface area contributed by atoms with E-state index in [2.05, 4.69) is 62.0 Å². The number of benzene rings is 1. The minimum atomic E-state index is -3.57. The fourth-order valence-electron chi connectivity index (χ4n) is 5.32. The standard InChI is InChI=1S/C24H26Br2N4O2S/c1-15-9-17-3-4-18-11-19(25)12-27-24(18)23(22(17)20(26)10-15)16-5-7-30(8-6-16)33(31,32)21-13-29(2)14-28-21/h9-14,16,23H,3-8H2,1-2H3/t23-/m1/s1. The molecule has 2 aromatic heterocycles. The molecule has 0 amide bonds. The molecule has 1 saturated heterocycles.